The Morgan fingerprint density at radius 1 is 0.775 bits per heavy atom. The van der Waals surface area contributed by atoms with Crippen LogP contribution in [0.3, 0.4) is 0 Å². The van der Waals surface area contributed by atoms with E-state index in [4.69, 9.17) is 9.47 Å². The monoisotopic (exact) mass is 539 g/mol. The van der Waals surface area contributed by atoms with Crippen LogP contribution in [0.25, 0.3) is 11.1 Å². The molecule has 0 radical (unpaired) electrons. The molecule has 0 aliphatic heterocycles. The average Bonchev–Trinajstić information content (AvgIpc) is 3.37. The van der Waals surface area contributed by atoms with E-state index in [-0.39, 0.29) is 24.6 Å². The molecule has 210 valence electrons. The van der Waals surface area contributed by atoms with Gasteiger partial charge in [0, 0.05) is 13.0 Å². The fourth-order valence-corrected chi connectivity index (χ4v) is 6.20. The van der Waals surface area contributed by atoms with Crippen LogP contribution < -0.4 is 0 Å². The topological polar surface area (TPSA) is 55.8 Å². The lowest BCUT2D eigenvalue weighted by molar-refractivity contribution is -0.155. The summed E-state index contributed by atoms with van der Waals surface area (Å²) in [5.74, 6) is -0.352. The summed E-state index contributed by atoms with van der Waals surface area (Å²) in [6.07, 6.45) is 9.41. The Bertz CT molecular complexity index is 1220. The zero-order valence-electron chi connectivity index (χ0n) is 23.6. The van der Waals surface area contributed by atoms with Gasteiger partial charge in [-0.2, -0.15) is 0 Å². The lowest BCUT2D eigenvalue weighted by atomic mass is 9.98. The third kappa shape index (κ3) is 6.75. The molecule has 0 unspecified atom stereocenters. The van der Waals surface area contributed by atoms with Crippen molar-refractivity contribution in [2.75, 3.05) is 13.7 Å². The van der Waals surface area contributed by atoms with Gasteiger partial charge in [0.15, 0.2) is 0 Å². The molecule has 2 aliphatic rings. The van der Waals surface area contributed by atoms with Crippen LogP contribution in [-0.4, -0.2) is 42.8 Å². The average molecular weight is 540 g/mol. The number of rotatable bonds is 8. The van der Waals surface area contributed by atoms with Gasteiger partial charge in [-0.15, -0.1) is 0 Å². The Kier molecular flexibility index (Phi) is 9.54. The van der Waals surface area contributed by atoms with Crippen LogP contribution in [0.1, 0.15) is 80.4 Å². The second-order valence-corrected chi connectivity index (χ2v) is 11.2. The van der Waals surface area contributed by atoms with E-state index in [1.165, 1.54) is 52.8 Å². The Morgan fingerprint density at radius 3 is 1.95 bits per heavy atom. The van der Waals surface area contributed by atoms with Crippen molar-refractivity contribution in [2.45, 2.75) is 82.3 Å². The van der Waals surface area contributed by atoms with E-state index in [0.29, 0.717) is 12.8 Å². The van der Waals surface area contributed by atoms with Crippen LogP contribution in [0.2, 0.25) is 0 Å². The predicted octanol–water partition coefficient (Wildman–Crippen LogP) is 7.91. The molecule has 5 rings (SSSR count). The Balaban J connectivity index is 1.27. The third-order valence-electron chi connectivity index (χ3n) is 8.50. The molecule has 0 aromatic heterocycles. The lowest BCUT2D eigenvalue weighted by Crippen LogP contribution is -2.45. The quantitative estimate of drug-likeness (QED) is 0.273. The summed E-state index contributed by atoms with van der Waals surface area (Å²) in [4.78, 5) is 28.4. The van der Waals surface area contributed by atoms with Crippen molar-refractivity contribution in [3.63, 3.8) is 0 Å². The molecule has 2 aliphatic carbocycles. The first-order valence-electron chi connectivity index (χ1n) is 14.9. The Hall–Kier alpha value is -3.60. The van der Waals surface area contributed by atoms with Gasteiger partial charge in [-0.3, -0.25) is 4.90 Å². The van der Waals surface area contributed by atoms with Crippen LogP contribution in [0.4, 0.5) is 4.79 Å². The molecule has 0 N–H and O–H groups in total. The predicted molar refractivity (Wildman–Crippen MR) is 158 cm³/mol. The van der Waals surface area contributed by atoms with Crippen molar-refractivity contribution in [2.24, 2.45) is 0 Å². The van der Waals surface area contributed by atoms with Crippen LogP contribution in [0.15, 0.2) is 78.9 Å². The smallest absolute Gasteiger partial charge is 0.410 e. The van der Waals surface area contributed by atoms with E-state index < -0.39 is 12.1 Å². The first-order chi connectivity index (χ1) is 19.6. The molecule has 1 fully saturated rings. The number of carbonyl (C=O) groups is 2. The maximum Gasteiger partial charge on any atom is 0.410 e. The van der Waals surface area contributed by atoms with Gasteiger partial charge in [-0.1, -0.05) is 105 Å². The van der Waals surface area contributed by atoms with Gasteiger partial charge in [0.25, 0.3) is 0 Å². The summed E-state index contributed by atoms with van der Waals surface area (Å²) >= 11 is 0. The number of carbonyl (C=O) groups excluding carboxylic acids is 2. The summed E-state index contributed by atoms with van der Waals surface area (Å²) in [6, 6.07) is 26.0. The molecule has 5 nitrogen and oxygen atoms in total. The Labute approximate surface area is 238 Å². The fraction of sp³-hybridized carbons (Fsp3) is 0.429. The Morgan fingerprint density at radius 2 is 1.32 bits per heavy atom. The lowest BCUT2D eigenvalue weighted by Gasteiger charge is -2.28. The van der Waals surface area contributed by atoms with Crippen LogP contribution in [0, 0.1) is 0 Å². The van der Waals surface area contributed by atoms with Gasteiger partial charge in [0.1, 0.15) is 18.8 Å². The van der Waals surface area contributed by atoms with Gasteiger partial charge in [0.05, 0.1) is 0 Å². The van der Waals surface area contributed by atoms with E-state index in [0.717, 1.165) is 31.2 Å². The summed E-state index contributed by atoms with van der Waals surface area (Å²) in [5.41, 5.74) is 5.83. The molecule has 0 bridgehead atoms. The highest BCUT2D eigenvalue weighted by molar-refractivity contribution is 5.82. The number of amides is 1. The summed E-state index contributed by atoms with van der Waals surface area (Å²) in [7, 11) is 1.67. The summed E-state index contributed by atoms with van der Waals surface area (Å²) in [6.45, 7) is 0.222. The first kappa shape index (κ1) is 27.9. The number of benzene rings is 3. The molecule has 0 saturated heterocycles. The second-order valence-electron chi connectivity index (χ2n) is 11.2. The number of nitrogens with zero attached hydrogens (tertiary/aromatic N) is 1. The highest BCUT2D eigenvalue weighted by Crippen LogP contribution is 2.44. The fourth-order valence-electron chi connectivity index (χ4n) is 6.20. The largest absolute Gasteiger partial charge is 0.461 e. The van der Waals surface area contributed by atoms with E-state index >= 15 is 0 Å². The molecule has 40 heavy (non-hydrogen) atoms. The third-order valence-corrected chi connectivity index (χ3v) is 8.50. The highest BCUT2D eigenvalue weighted by Gasteiger charge is 2.33. The van der Waals surface area contributed by atoms with Gasteiger partial charge >= 0.3 is 12.1 Å². The number of fused-ring (bicyclic) bond motifs is 3. The number of likely N-dealkylation sites (N-methyl/N-ethyl adjacent to an activating group) is 1. The summed E-state index contributed by atoms with van der Waals surface area (Å²) < 4.78 is 12.0. The summed E-state index contributed by atoms with van der Waals surface area (Å²) in [5, 5.41) is 0. The van der Waals surface area contributed by atoms with Crippen molar-refractivity contribution in [3.05, 3.63) is 95.6 Å². The molecular weight excluding hydrogens is 498 g/mol. The van der Waals surface area contributed by atoms with Crippen molar-refractivity contribution in [1.82, 2.24) is 4.90 Å². The maximum absolute atomic E-state index is 13.6. The number of hydrogen-bond acceptors (Lipinski definition) is 4. The van der Waals surface area contributed by atoms with E-state index in [9.17, 15) is 9.59 Å². The van der Waals surface area contributed by atoms with Crippen LogP contribution in [0.5, 0.6) is 0 Å². The van der Waals surface area contributed by atoms with Crippen molar-refractivity contribution in [1.29, 1.82) is 0 Å². The van der Waals surface area contributed by atoms with Crippen LogP contribution >= 0.6 is 0 Å². The molecule has 0 spiro atoms. The molecule has 1 atom stereocenters. The number of hydrogen-bond donors (Lipinski definition) is 0. The van der Waals surface area contributed by atoms with E-state index in [1.807, 2.05) is 54.6 Å². The molecule has 3 aromatic carbocycles. The molecular formula is C35H41NO4. The molecule has 1 amide bonds. The molecule has 3 aromatic rings. The van der Waals surface area contributed by atoms with Gasteiger partial charge in [-0.25, -0.2) is 9.59 Å². The molecule has 1 saturated carbocycles. The number of esters is 1. The zero-order valence-corrected chi connectivity index (χ0v) is 23.6. The number of aryl methyl sites for hydroxylation is 1. The molecule has 0 heterocycles. The van der Waals surface area contributed by atoms with Gasteiger partial charge in [0.2, 0.25) is 0 Å². The van der Waals surface area contributed by atoms with Gasteiger partial charge in [-0.05, 0) is 66.3 Å². The zero-order chi connectivity index (χ0) is 27.7. The number of ether oxygens (including phenoxy) is 2. The minimum Gasteiger partial charge on any atom is -0.461 e. The SMILES string of the molecule is CN(C(=O)OCC1c2ccccc2-c2ccccc21)[C@@H](CCc1ccccc1)C(=O)OC1CCCCCCCC1. The molecule has 5 heteroatoms. The normalized spacial score (nSPS) is 16.5. The minimum atomic E-state index is -0.705. The minimum absolute atomic E-state index is 0.0293. The standard InChI is InChI=1S/C35H41NO4/c1-36(35(38)39-25-32-30-21-13-11-19-28(30)29-20-12-14-22-31(29)32)33(24-23-26-15-7-6-8-16-26)34(37)40-27-17-9-4-2-3-5-10-18-27/h6-8,11-16,19-22,27,32-33H,2-5,9-10,17-18,23-25H2,1H3/t33-/m0/s1. The first-order valence-corrected chi connectivity index (χ1v) is 14.9. The van der Waals surface area contributed by atoms with E-state index in [2.05, 4.69) is 24.3 Å². The van der Waals surface area contributed by atoms with Crippen molar-refractivity contribution in [3.8, 4) is 11.1 Å². The highest BCUT2D eigenvalue weighted by atomic mass is 16.6. The van der Waals surface area contributed by atoms with Gasteiger partial charge < -0.3 is 9.47 Å². The second kappa shape index (κ2) is 13.6. The van der Waals surface area contributed by atoms with Crippen molar-refractivity contribution < 1.29 is 19.1 Å². The van der Waals surface area contributed by atoms with Crippen molar-refractivity contribution >= 4 is 12.1 Å². The van der Waals surface area contributed by atoms with E-state index in [1.54, 1.807) is 7.05 Å². The maximum atomic E-state index is 13.6. The van der Waals surface area contributed by atoms with Crippen LogP contribution in [-0.2, 0) is 20.7 Å².